The number of hydrogen-bond acceptors (Lipinski definition) is 4. The second-order valence-electron chi connectivity index (χ2n) is 8.43. The van der Waals surface area contributed by atoms with Gasteiger partial charge in [0.05, 0.1) is 21.8 Å². The molecule has 0 spiro atoms. The molecule has 0 radical (unpaired) electrons. The summed E-state index contributed by atoms with van der Waals surface area (Å²) in [6.07, 6.45) is 0. The lowest BCUT2D eigenvalue weighted by Crippen LogP contribution is -2.40. The first-order valence-electron chi connectivity index (χ1n) is 11.5. The van der Waals surface area contributed by atoms with E-state index in [4.69, 9.17) is 0 Å². The van der Waals surface area contributed by atoms with Crippen molar-refractivity contribution < 1.29 is 22.4 Å². The van der Waals surface area contributed by atoms with Gasteiger partial charge in [-0.05, 0) is 42.0 Å². The maximum Gasteiger partial charge on any atom is 0.265 e. The molecule has 0 fully saturated rings. The van der Waals surface area contributed by atoms with Gasteiger partial charge in [-0.2, -0.15) is 0 Å². The fourth-order valence-electron chi connectivity index (χ4n) is 4.26. The lowest BCUT2D eigenvalue weighted by atomic mass is 10.0. The Kier molecular flexibility index (Phi) is 6.45. The molecule has 2 amide bonds. The minimum absolute atomic E-state index is 0.0124. The van der Waals surface area contributed by atoms with Crippen LogP contribution in [0.3, 0.4) is 0 Å². The van der Waals surface area contributed by atoms with Crippen molar-refractivity contribution in [2.75, 3.05) is 16.2 Å². The Labute approximate surface area is 213 Å². The summed E-state index contributed by atoms with van der Waals surface area (Å²) in [4.78, 5) is 25.9. The van der Waals surface area contributed by atoms with Crippen molar-refractivity contribution in [1.82, 2.24) is 5.32 Å². The third-order valence-electron chi connectivity index (χ3n) is 6.00. The van der Waals surface area contributed by atoms with Gasteiger partial charge in [-0.15, -0.1) is 0 Å². The summed E-state index contributed by atoms with van der Waals surface area (Å²) >= 11 is 0. The number of sulfonamides is 1. The van der Waals surface area contributed by atoms with Gasteiger partial charge in [0.15, 0.2) is 0 Å². The SMILES string of the molecule is O=C(CN1c2ccc(F)cc2-c2ccccc2S1(=O)=O)Nc1ccccc1C(=O)NCc1ccccc1. The lowest BCUT2D eigenvalue weighted by molar-refractivity contribution is -0.114. The Morgan fingerprint density at radius 3 is 2.32 bits per heavy atom. The molecule has 1 aliphatic heterocycles. The standard InChI is InChI=1S/C28H22FN3O4S/c29-20-14-15-25-23(16-20)21-10-5-7-13-26(21)37(35,36)32(25)18-27(33)31-24-12-6-4-11-22(24)28(34)30-17-19-8-2-1-3-9-19/h1-16H,17-18H2,(H,30,34)(H,31,33). The fourth-order valence-corrected chi connectivity index (χ4v) is 5.91. The number of halogens is 1. The molecule has 4 aromatic carbocycles. The van der Waals surface area contributed by atoms with Crippen LogP contribution < -0.4 is 14.9 Å². The van der Waals surface area contributed by atoms with Crippen molar-refractivity contribution in [3.63, 3.8) is 0 Å². The number of hydrogen-bond donors (Lipinski definition) is 2. The molecule has 0 unspecified atom stereocenters. The van der Waals surface area contributed by atoms with Crippen molar-refractivity contribution in [1.29, 1.82) is 0 Å². The largest absolute Gasteiger partial charge is 0.348 e. The quantitative estimate of drug-likeness (QED) is 0.393. The molecule has 37 heavy (non-hydrogen) atoms. The normalized spacial score (nSPS) is 13.3. The van der Waals surface area contributed by atoms with Crippen molar-refractivity contribution in [2.45, 2.75) is 11.4 Å². The second-order valence-corrected chi connectivity index (χ2v) is 10.3. The summed E-state index contributed by atoms with van der Waals surface area (Å²) in [5.74, 6) is -1.56. The number of amides is 2. The molecule has 7 nitrogen and oxygen atoms in total. The van der Waals surface area contributed by atoms with Crippen molar-refractivity contribution >= 4 is 33.2 Å². The number of fused-ring (bicyclic) bond motifs is 3. The molecule has 1 heterocycles. The molecular weight excluding hydrogens is 493 g/mol. The molecule has 0 aromatic heterocycles. The Morgan fingerprint density at radius 1 is 0.811 bits per heavy atom. The van der Waals surface area contributed by atoms with Gasteiger partial charge in [0.25, 0.3) is 15.9 Å². The summed E-state index contributed by atoms with van der Waals surface area (Å²) in [6.45, 7) is -0.254. The molecule has 0 bridgehead atoms. The zero-order valence-electron chi connectivity index (χ0n) is 19.5. The first kappa shape index (κ1) is 24.2. The van der Waals surface area contributed by atoms with Crippen LogP contribution in [0.2, 0.25) is 0 Å². The van der Waals surface area contributed by atoms with E-state index in [1.807, 2.05) is 30.3 Å². The molecule has 5 rings (SSSR count). The maximum atomic E-state index is 14.1. The number of nitrogens with zero attached hydrogens (tertiary/aromatic N) is 1. The second kappa shape index (κ2) is 9.87. The van der Waals surface area contributed by atoms with Crippen LogP contribution in [0.4, 0.5) is 15.8 Å². The highest BCUT2D eigenvalue weighted by molar-refractivity contribution is 7.93. The first-order chi connectivity index (χ1) is 17.8. The number of rotatable bonds is 6. The van der Waals surface area contributed by atoms with E-state index in [0.717, 1.165) is 15.9 Å². The highest BCUT2D eigenvalue weighted by Gasteiger charge is 2.36. The predicted octanol–water partition coefficient (Wildman–Crippen LogP) is 4.57. The molecule has 4 aromatic rings. The molecular formula is C28H22FN3O4S. The molecule has 0 aliphatic carbocycles. The summed E-state index contributed by atoms with van der Waals surface area (Å²) in [6, 6.07) is 25.9. The fraction of sp³-hybridized carbons (Fsp3) is 0.0714. The molecule has 0 atom stereocenters. The highest BCUT2D eigenvalue weighted by atomic mass is 32.2. The Hall–Kier alpha value is -4.50. The van der Waals surface area contributed by atoms with E-state index >= 15 is 0 Å². The number of carbonyl (C=O) groups is 2. The van der Waals surface area contributed by atoms with E-state index in [1.54, 1.807) is 42.5 Å². The Bertz CT molecular complexity index is 1610. The van der Waals surface area contributed by atoms with Crippen molar-refractivity contribution in [3.05, 3.63) is 114 Å². The van der Waals surface area contributed by atoms with Gasteiger partial charge in [-0.3, -0.25) is 13.9 Å². The number of benzene rings is 4. The Balaban J connectivity index is 1.38. The third-order valence-corrected chi connectivity index (χ3v) is 7.82. The highest BCUT2D eigenvalue weighted by Crippen LogP contribution is 2.43. The van der Waals surface area contributed by atoms with Crippen LogP contribution in [0, 0.1) is 5.82 Å². The minimum Gasteiger partial charge on any atom is -0.348 e. The number of carbonyl (C=O) groups excluding carboxylic acids is 2. The van der Waals surface area contributed by atoms with Gasteiger partial charge >= 0.3 is 0 Å². The maximum absolute atomic E-state index is 14.1. The van der Waals surface area contributed by atoms with E-state index in [9.17, 15) is 22.4 Å². The average molecular weight is 516 g/mol. The molecule has 9 heteroatoms. The smallest absolute Gasteiger partial charge is 0.265 e. The summed E-state index contributed by atoms with van der Waals surface area (Å²) < 4.78 is 41.9. The van der Waals surface area contributed by atoms with Gasteiger partial charge in [0, 0.05) is 17.7 Å². The topological polar surface area (TPSA) is 95.6 Å². The lowest BCUT2D eigenvalue weighted by Gasteiger charge is -2.31. The molecule has 0 saturated carbocycles. The van der Waals surface area contributed by atoms with Crippen LogP contribution in [0.25, 0.3) is 11.1 Å². The summed E-state index contributed by atoms with van der Waals surface area (Å²) in [5, 5.41) is 5.48. The van der Waals surface area contributed by atoms with E-state index in [0.29, 0.717) is 17.7 Å². The predicted molar refractivity (Wildman–Crippen MR) is 139 cm³/mol. The molecule has 1 aliphatic rings. The first-order valence-corrected chi connectivity index (χ1v) is 12.9. The van der Waals surface area contributed by atoms with Crippen LogP contribution >= 0.6 is 0 Å². The van der Waals surface area contributed by atoms with Gasteiger partial charge in [-0.1, -0.05) is 60.7 Å². The number of anilines is 2. The van der Waals surface area contributed by atoms with Crippen LogP contribution in [-0.4, -0.2) is 26.8 Å². The van der Waals surface area contributed by atoms with E-state index in [2.05, 4.69) is 10.6 Å². The third kappa shape index (κ3) is 4.81. The van der Waals surface area contributed by atoms with Gasteiger partial charge in [0.2, 0.25) is 5.91 Å². The van der Waals surface area contributed by atoms with Crippen LogP contribution in [0.15, 0.2) is 102 Å². The summed E-state index contributed by atoms with van der Waals surface area (Å²) in [7, 11) is -4.09. The molecule has 2 N–H and O–H groups in total. The summed E-state index contributed by atoms with van der Waals surface area (Å²) in [5.41, 5.74) is 2.34. The van der Waals surface area contributed by atoms with Crippen LogP contribution in [0.5, 0.6) is 0 Å². The average Bonchev–Trinajstić information content (AvgIpc) is 2.91. The number of para-hydroxylation sites is 1. The van der Waals surface area contributed by atoms with Crippen molar-refractivity contribution in [2.24, 2.45) is 0 Å². The molecule has 186 valence electrons. The van der Waals surface area contributed by atoms with Crippen LogP contribution in [-0.2, 0) is 21.4 Å². The monoisotopic (exact) mass is 515 g/mol. The molecule has 0 saturated heterocycles. The van der Waals surface area contributed by atoms with E-state index < -0.39 is 28.3 Å². The zero-order valence-corrected chi connectivity index (χ0v) is 20.3. The van der Waals surface area contributed by atoms with Gasteiger partial charge in [-0.25, -0.2) is 12.8 Å². The number of nitrogens with one attached hydrogen (secondary N) is 2. The van der Waals surface area contributed by atoms with E-state index in [-0.39, 0.29) is 27.7 Å². The Morgan fingerprint density at radius 2 is 1.51 bits per heavy atom. The minimum atomic E-state index is -4.09. The van der Waals surface area contributed by atoms with Crippen molar-refractivity contribution in [3.8, 4) is 11.1 Å². The van der Waals surface area contributed by atoms with Gasteiger partial charge < -0.3 is 10.6 Å². The van der Waals surface area contributed by atoms with E-state index in [1.165, 1.54) is 18.2 Å². The van der Waals surface area contributed by atoms with Gasteiger partial charge in [0.1, 0.15) is 12.4 Å². The zero-order chi connectivity index (χ0) is 26.0. The van der Waals surface area contributed by atoms with Crippen LogP contribution in [0.1, 0.15) is 15.9 Å².